The lowest BCUT2D eigenvalue weighted by molar-refractivity contribution is 0.0736. The van der Waals surface area contributed by atoms with Gasteiger partial charge < -0.3 is 4.74 Å². The molecule has 108 valence electrons. The molecule has 4 heteroatoms. The van der Waals surface area contributed by atoms with E-state index in [1.807, 2.05) is 30.3 Å². The van der Waals surface area contributed by atoms with Crippen molar-refractivity contribution in [2.75, 3.05) is 0 Å². The van der Waals surface area contributed by atoms with Crippen molar-refractivity contribution < 1.29 is 14.3 Å². The van der Waals surface area contributed by atoms with Gasteiger partial charge in [0.25, 0.3) is 0 Å². The molecular weight excluding hydrogens is 300 g/mol. The van der Waals surface area contributed by atoms with Crippen molar-refractivity contribution in [2.24, 2.45) is 0 Å². The molecule has 3 aromatic rings. The van der Waals surface area contributed by atoms with Crippen LogP contribution in [-0.2, 0) is 0 Å². The van der Waals surface area contributed by atoms with Gasteiger partial charge in [0.05, 0.1) is 11.1 Å². The molecule has 0 aliphatic carbocycles. The molecule has 0 N–H and O–H groups in total. The van der Waals surface area contributed by atoms with Crippen LogP contribution in [0.5, 0.6) is 5.75 Å². The second-order valence-corrected chi connectivity index (χ2v) is 5.16. The number of ether oxygens (including phenoxy) is 1. The Morgan fingerprint density at radius 1 is 1.00 bits per heavy atom. The summed E-state index contributed by atoms with van der Waals surface area (Å²) >= 11 is 5.88. The predicted octanol–water partition coefficient (Wildman–Crippen LogP) is 4.52. The summed E-state index contributed by atoms with van der Waals surface area (Å²) < 4.78 is 5.46. The van der Waals surface area contributed by atoms with Gasteiger partial charge in [-0.25, -0.2) is 4.79 Å². The molecule has 22 heavy (non-hydrogen) atoms. The topological polar surface area (TPSA) is 43.4 Å². The fourth-order valence-electron chi connectivity index (χ4n) is 2.23. The van der Waals surface area contributed by atoms with E-state index < -0.39 is 5.97 Å². The van der Waals surface area contributed by atoms with Crippen molar-refractivity contribution in [1.82, 2.24) is 0 Å². The number of carbonyl (C=O) groups is 2. The van der Waals surface area contributed by atoms with E-state index in [4.69, 9.17) is 16.3 Å². The number of esters is 1. The van der Waals surface area contributed by atoms with E-state index in [1.54, 1.807) is 24.3 Å². The van der Waals surface area contributed by atoms with Crippen molar-refractivity contribution in [2.45, 2.75) is 0 Å². The molecule has 0 radical (unpaired) electrons. The van der Waals surface area contributed by atoms with Gasteiger partial charge in [0.1, 0.15) is 5.75 Å². The zero-order valence-electron chi connectivity index (χ0n) is 11.5. The van der Waals surface area contributed by atoms with Gasteiger partial charge in [0.15, 0.2) is 6.29 Å². The van der Waals surface area contributed by atoms with Gasteiger partial charge in [-0.3, -0.25) is 4.79 Å². The summed E-state index contributed by atoms with van der Waals surface area (Å²) in [6, 6.07) is 17.3. The number of fused-ring (bicyclic) bond motifs is 1. The highest BCUT2D eigenvalue weighted by molar-refractivity contribution is 6.30. The number of rotatable bonds is 3. The molecule has 0 heterocycles. The SMILES string of the molecule is O=Cc1ccc2ccccc2c1OC(=O)c1cccc(Cl)c1. The van der Waals surface area contributed by atoms with Crippen LogP contribution in [0.15, 0.2) is 60.7 Å². The Labute approximate surface area is 132 Å². The summed E-state index contributed by atoms with van der Waals surface area (Å²) in [5.74, 6) is -0.292. The lowest BCUT2D eigenvalue weighted by atomic mass is 10.1. The molecule has 0 bridgehead atoms. The molecule has 3 aromatic carbocycles. The van der Waals surface area contributed by atoms with Crippen LogP contribution in [0.25, 0.3) is 10.8 Å². The van der Waals surface area contributed by atoms with Crippen LogP contribution in [0, 0.1) is 0 Å². The van der Waals surface area contributed by atoms with Gasteiger partial charge in [-0.1, -0.05) is 48.0 Å². The Hall–Kier alpha value is -2.65. The van der Waals surface area contributed by atoms with Gasteiger partial charge in [0.2, 0.25) is 0 Å². The minimum Gasteiger partial charge on any atom is -0.421 e. The van der Waals surface area contributed by atoms with Gasteiger partial charge in [-0.05, 0) is 29.7 Å². The summed E-state index contributed by atoms with van der Waals surface area (Å²) in [6.07, 6.45) is 0.674. The van der Waals surface area contributed by atoms with Crippen molar-refractivity contribution in [3.05, 3.63) is 76.8 Å². The smallest absolute Gasteiger partial charge is 0.343 e. The van der Waals surface area contributed by atoms with E-state index in [1.165, 1.54) is 6.07 Å². The number of hydrogen-bond donors (Lipinski definition) is 0. The summed E-state index contributed by atoms with van der Waals surface area (Å²) in [5, 5.41) is 2.05. The maximum Gasteiger partial charge on any atom is 0.343 e. The lowest BCUT2D eigenvalue weighted by Gasteiger charge is -2.10. The Balaban J connectivity index is 2.06. The average molecular weight is 311 g/mol. The summed E-state index contributed by atoms with van der Waals surface area (Å²) in [4.78, 5) is 23.5. The first-order valence-electron chi connectivity index (χ1n) is 6.64. The van der Waals surface area contributed by atoms with Crippen LogP contribution in [0.4, 0.5) is 0 Å². The van der Waals surface area contributed by atoms with E-state index in [0.717, 1.165) is 5.39 Å². The standard InChI is InChI=1S/C18H11ClO3/c19-15-6-3-5-13(10-15)18(21)22-17-14(11-20)9-8-12-4-1-2-7-16(12)17/h1-11H. The quantitative estimate of drug-likeness (QED) is 0.406. The van der Waals surface area contributed by atoms with Crippen LogP contribution < -0.4 is 4.74 Å². The largest absolute Gasteiger partial charge is 0.421 e. The molecule has 0 saturated heterocycles. The second kappa shape index (κ2) is 6.00. The van der Waals surface area contributed by atoms with Gasteiger partial charge >= 0.3 is 5.97 Å². The van der Waals surface area contributed by atoms with E-state index in [2.05, 4.69) is 0 Å². The molecular formula is C18H11ClO3. The Bertz CT molecular complexity index is 871. The Morgan fingerprint density at radius 3 is 2.59 bits per heavy atom. The Morgan fingerprint density at radius 2 is 1.82 bits per heavy atom. The first kappa shape index (κ1) is 14.3. The molecule has 0 aliphatic rings. The highest BCUT2D eigenvalue weighted by Crippen LogP contribution is 2.29. The number of carbonyl (C=O) groups excluding carboxylic acids is 2. The van der Waals surface area contributed by atoms with Gasteiger partial charge in [-0.15, -0.1) is 0 Å². The summed E-state index contributed by atoms with van der Waals surface area (Å²) in [7, 11) is 0. The molecule has 0 amide bonds. The number of hydrogen-bond acceptors (Lipinski definition) is 3. The average Bonchev–Trinajstić information content (AvgIpc) is 2.55. The van der Waals surface area contributed by atoms with Gasteiger partial charge in [-0.2, -0.15) is 0 Å². The van der Waals surface area contributed by atoms with Crippen LogP contribution in [-0.4, -0.2) is 12.3 Å². The van der Waals surface area contributed by atoms with Crippen LogP contribution >= 0.6 is 11.6 Å². The molecule has 0 aliphatic heterocycles. The molecule has 3 rings (SSSR count). The first-order valence-corrected chi connectivity index (χ1v) is 7.01. The Kier molecular flexibility index (Phi) is 3.90. The van der Waals surface area contributed by atoms with Crippen molar-refractivity contribution >= 4 is 34.6 Å². The highest BCUT2D eigenvalue weighted by atomic mass is 35.5. The fraction of sp³-hybridized carbons (Fsp3) is 0. The van der Waals surface area contributed by atoms with E-state index in [0.29, 0.717) is 27.8 Å². The summed E-state index contributed by atoms with van der Waals surface area (Å²) in [5.41, 5.74) is 0.659. The third kappa shape index (κ3) is 2.71. The lowest BCUT2D eigenvalue weighted by Crippen LogP contribution is -2.10. The minimum atomic E-state index is -0.554. The van der Waals surface area contributed by atoms with Gasteiger partial charge in [0, 0.05) is 10.4 Å². The predicted molar refractivity (Wildman–Crippen MR) is 85.7 cm³/mol. The van der Waals surface area contributed by atoms with Crippen molar-refractivity contribution in [3.8, 4) is 5.75 Å². The maximum absolute atomic E-state index is 12.3. The maximum atomic E-state index is 12.3. The number of halogens is 1. The van der Waals surface area contributed by atoms with Crippen LogP contribution in [0.3, 0.4) is 0 Å². The highest BCUT2D eigenvalue weighted by Gasteiger charge is 2.14. The monoisotopic (exact) mass is 310 g/mol. The fourth-order valence-corrected chi connectivity index (χ4v) is 2.42. The summed E-state index contributed by atoms with van der Waals surface area (Å²) in [6.45, 7) is 0. The molecule has 0 unspecified atom stereocenters. The van der Waals surface area contributed by atoms with Crippen molar-refractivity contribution in [1.29, 1.82) is 0 Å². The molecule has 0 fully saturated rings. The third-order valence-corrected chi connectivity index (χ3v) is 3.53. The van der Waals surface area contributed by atoms with Crippen LogP contribution in [0.1, 0.15) is 20.7 Å². The van der Waals surface area contributed by atoms with E-state index in [-0.39, 0.29) is 5.75 Å². The second-order valence-electron chi connectivity index (χ2n) is 4.72. The van der Waals surface area contributed by atoms with E-state index >= 15 is 0 Å². The molecule has 0 aromatic heterocycles. The number of aldehydes is 1. The molecule has 3 nitrogen and oxygen atoms in total. The normalized spacial score (nSPS) is 10.4. The molecule has 0 spiro atoms. The van der Waals surface area contributed by atoms with E-state index in [9.17, 15) is 9.59 Å². The zero-order valence-corrected chi connectivity index (χ0v) is 12.2. The molecule has 0 atom stereocenters. The third-order valence-electron chi connectivity index (χ3n) is 3.29. The minimum absolute atomic E-state index is 0.262. The van der Waals surface area contributed by atoms with Crippen LogP contribution in [0.2, 0.25) is 5.02 Å². The first-order chi connectivity index (χ1) is 10.7. The zero-order chi connectivity index (χ0) is 15.5. The van der Waals surface area contributed by atoms with Crippen molar-refractivity contribution in [3.63, 3.8) is 0 Å². The number of benzene rings is 3. The molecule has 0 saturated carbocycles.